The van der Waals surface area contributed by atoms with Crippen LogP contribution in [-0.2, 0) is 11.2 Å². The molecule has 0 aromatic heterocycles. The maximum atomic E-state index is 12.5. The maximum Gasteiger partial charge on any atom is 0.573 e. The number of nitrogens with zero attached hydrogens (tertiary/aromatic N) is 1. The Morgan fingerprint density at radius 3 is 2.64 bits per heavy atom. The molecule has 4 rings (SSSR count). The van der Waals surface area contributed by atoms with Crippen molar-refractivity contribution in [2.24, 2.45) is 17.3 Å². The predicted octanol–water partition coefficient (Wildman–Crippen LogP) is 3.92. The number of aliphatic hydroxyl groups is 1. The second-order valence-electron chi connectivity index (χ2n) is 9.30. The molecule has 1 aliphatic heterocycles. The van der Waals surface area contributed by atoms with E-state index in [9.17, 15) is 23.1 Å². The summed E-state index contributed by atoms with van der Waals surface area (Å²) in [5.41, 5.74) is 0.339. The first-order valence-corrected chi connectivity index (χ1v) is 9.89. The predicted molar refractivity (Wildman–Crippen MR) is 96.5 cm³/mol. The van der Waals surface area contributed by atoms with Crippen LogP contribution in [0.25, 0.3) is 0 Å². The van der Waals surface area contributed by atoms with Gasteiger partial charge in [-0.1, -0.05) is 12.1 Å². The van der Waals surface area contributed by atoms with Gasteiger partial charge >= 0.3 is 6.36 Å². The molecule has 1 amide bonds. The highest BCUT2D eigenvalue weighted by Crippen LogP contribution is 2.50. The molecule has 28 heavy (non-hydrogen) atoms. The summed E-state index contributed by atoms with van der Waals surface area (Å²) in [6, 6.07) is 6.23. The first-order chi connectivity index (χ1) is 13.0. The van der Waals surface area contributed by atoms with Gasteiger partial charge in [0, 0.05) is 24.4 Å². The van der Waals surface area contributed by atoms with E-state index in [-0.39, 0.29) is 23.0 Å². The first kappa shape index (κ1) is 19.6. The number of hydrogen-bond acceptors (Lipinski definition) is 3. The molecule has 0 unspecified atom stereocenters. The van der Waals surface area contributed by atoms with Crippen LogP contribution in [0.2, 0.25) is 0 Å². The van der Waals surface area contributed by atoms with Crippen LogP contribution in [0.15, 0.2) is 24.3 Å². The van der Waals surface area contributed by atoms with Crippen LogP contribution in [0.1, 0.15) is 44.6 Å². The summed E-state index contributed by atoms with van der Waals surface area (Å²) in [4.78, 5) is 14.4. The molecule has 2 saturated carbocycles. The molecular weight excluding hydrogens is 371 g/mol. The van der Waals surface area contributed by atoms with Crippen LogP contribution in [-0.4, -0.2) is 41.0 Å². The van der Waals surface area contributed by atoms with Gasteiger partial charge in [-0.05, 0) is 69.1 Å². The number of hydrogen-bond donors (Lipinski definition) is 1. The lowest BCUT2D eigenvalue weighted by molar-refractivity contribution is -0.274. The molecule has 0 bridgehead atoms. The van der Waals surface area contributed by atoms with E-state index in [1.165, 1.54) is 12.1 Å². The summed E-state index contributed by atoms with van der Waals surface area (Å²) < 4.78 is 41.2. The van der Waals surface area contributed by atoms with E-state index in [2.05, 4.69) is 4.74 Å². The van der Waals surface area contributed by atoms with Crippen molar-refractivity contribution in [3.8, 4) is 5.75 Å². The van der Waals surface area contributed by atoms with E-state index >= 15 is 0 Å². The van der Waals surface area contributed by atoms with Gasteiger partial charge in [0.25, 0.3) is 0 Å². The fourth-order valence-electron chi connectivity index (χ4n) is 5.35. The Morgan fingerprint density at radius 2 is 2.00 bits per heavy atom. The lowest BCUT2D eigenvalue weighted by Gasteiger charge is -2.52. The largest absolute Gasteiger partial charge is 0.573 e. The van der Waals surface area contributed by atoms with Crippen LogP contribution in [0.4, 0.5) is 13.2 Å². The second kappa shape index (κ2) is 6.65. The van der Waals surface area contributed by atoms with Crippen molar-refractivity contribution < 1.29 is 27.8 Å². The van der Waals surface area contributed by atoms with Gasteiger partial charge in [-0.15, -0.1) is 13.2 Å². The van der Waals surface area contributed by atoms with Crippen molar-refractivity contribution >= 4 is 5.91 Å². The van der Waals surface area contributed by atoms with Crippen LogP contribution in [0.3, 0.4) is 0 Å². The minimum absolute atomic E-state index is 0.0408. The van der Waals surface area contributed by atoms with Crippen molar-refractivity contribution in [2.75, 3.05) is 13.1 Å². The summed E-state index contributed by atoms with van der Waals surface area (Å²) in [6.45, 7) is 3.32. The number of alkyl halides is 3. The molecule has 1 N–H and O–H groups in total. The minimum atomic E-state index is -4.67. The third kappa shape index (κ3) is 4.14. The topological polar surface area (TPSA) is 49.8 Å². The summed E-state index contributed by atoms with van der Waals surface area (Å²) in [6.07, 6.45) is 0.251. The zero-order chi connectivity index (χ0) is 20.2. The van der Waals surface area contributed by atoms with Crippen molar-refractivity contribution in [2.45, 2.75) is 57.4 Å². The minimum Gasteiger partial charge on any atom is -0.406 e. The summed E-state index contributed by atoms with van der Waals surface area (Å²) in [7, 11) is 0. The van der Waals surface area contributed by atoms with Crippen molar-refractivity contribution in [1.29, 1.82) is 0 Å². The van der Waals surface area contributed by atoms with E-state index in [4.69, 9.17) is 0 Å². The zero-order valence-electron chi connectivity index (χ0n) is 16.0. The summed E-state index contributed by atoms with van der Waals surface area (Å²) in [5.74, 6) is 0.371. The third-order valence-corrected chi connectivity index (χ3v) is 6.55. The van der Waals surface area contributed by atoms with E-state index in [1.807, 2.05) is 11.0 Å². The van der Waals surface area contributed by atoms with Gasteiger partial charge in [-0.25, -0.2) is 0 Å². The summed E-state index contributed by atoms with van der Waals surface area (Å²) in [5, 5.41) is 9.82. The van der Waals surface area contributed by atoms with Crippen LogP contribution >= 0.6 is 0 Å². The quantitative estimate of drug-likeness (QED) is 0.838. The molecule has 4 nitrogen and oxygen atoms in total. The summed E-state index contributed by atoms with van der Waals surface area (Å²) >= 11 is 0. The Morgan fingerprint density at radius 1 is 1.29 bits per heavy atom. The van der Waals surface area contributed by atoms with Crippen LogP contribution in [0, 0.1) is 17.3 Å². The number of amides is 1. The second-order valence-corrected chi connectivity index (χ2v) is 9.30. The van der Waals surface area contributed by atoms with E-state index in [0.29, 0.717) is 18.8 Å². The average molecular weight is 397 g/mol. The van der Waals surface area contributed by atoms with Crippen LogP contribution in [0.5, 0.6) is 5.75 Å². The molecule has 1 aromatic carbocycles. The Hall–Kier alpha value is -1.76. The van der Waals surface area contributed by atoms with Crippen molar-refractivity contribution in [3.05, 3.63) is 29.8 Å². The van der Waals surface area contributed by atoms with Crippen molar-refractivity contribution in [3.63, 3.8) is 0 Å². The number of likely N-dealkylation sites (tertiary alicyclic amines) is 1. The number of carbonyl (C=O) groups is 1. The number of ether oxygens (including phenoxy) is 1. The molecule has 2 aliphatic carbocycles. The number of benzene rings is 1. The molecule has 0 radical (unpaired) electrons. The zero-order valence-corrected chi connectivity index (χ0v) is 16.0. The van der Waals surface area contributed by atoms with Gasteiger partial charge in [0.1, 0.15) is 5.75 Å². The molecule has 1 spiro atoms. The van der Waals surface area contributed by atoms with Gasteiger partial charge in [-0.2, -0.15) is 0 Å². The number of rotatable bonds is 4. The van der Waals surface area contributed by atoms with E-state index in [0.717, 1.165) is 44.3 Å². The van der Waals surface area contributed by atoms with Gasteiger partial charge in [0.2, 0.25) is 5.91 Å². The molecule has 1 atom stereocenters. The molecule has 1 aromatic rings. The normalized spacial score (nSPS) is 31.4. The van der Waals surface area contributed by atoms with E-state index in [1.54, 1.807) is 13.0 Å². The highest BCUT2D eigenvalue weighted by atomic mass is 19.4. The Kier molecular flexibility index (Phi) is 4.64. The fourth-order valence-corrected chi connectivity index (χ4v) is 5.35. The monoisotopic (exact) mass is 397 g/mol. The number of carbonyl (C=O) groups excluding carboxylic acids is 1. The first-order valence-electron chi connectivity index (χ1n) is 9.89. The van der Waals surface area contributed by atoms with Gasteiger partial charge in [0.05, 0.1) is 5.60 Å². The molecule has 1 heterocycles. The molecule has 7 heteroatoms. The Labute approximate surface area is 162 Å². The molecule has 1 saturated heterocycles. The molecule has 3 fully saturated rings. The van der Waals surface area contributed by atoms with Gasteiger partial charge in [0.15, 0.2) is 0 Å². The average Bonchev–Trinajstić information content (AvgIpc) is 2.93. The SMILES string of the molecule is C[C@]1(O)C[C@@H](C(=O)N2CC3(CC[C@@H](Cc4cccc(OC(F)(F)F)c4)C3)C2)C1. The third-order valence-electron chi connectivity index (χ3n) is 6.55. The standard InChI is InChI=1S/C21H26F3NO3/c1-19(27)10-16(11-19)18(26)25-12-20(13-25)6-5-15(9-20)7-14-3-2-4-17(8-14)28-21(22,23)24/h2-4,8,15-16,27H,5-7,9-13H2,1H3/t15-,16-,19+/m0/s1. The molecule has 3 aliphatic rings. The van der Waals surface area contributed by atoms with Gasteiger partial charge < -0.3 is 14.7 Å². The van der Waals surface area contributed by atoms with Crippen molar-refractivity contribution in [1.82, 2.24) is 4.90 Å². The smallest absolute Gasteiger partial charge is 0.406 e. The highest BCUT2D eigenvalue weighted by molar-refractivity contribution is 5.81. The Bertz CT molecular complexity index is 748. The van der Waals surface area contributed by atoms with Gasteiger partial charge in [-0.3, -0.25) is 4.79 Å². The van der Waals surface area contributed by atoms with E-state index < -0.39 is 12.0 Å². The molecular formula is C21H26F3NO3. The maximum absolute atomic E-state index is 12.5. The fraction of sp³-hybridized carbons (Fsp3) is 0.667. The lowest BCUT2D eigenvalue weighted by atomic mass is 9.69. The van der Waals surface area contributed by atoms with Crippen LogP contribution < -0.4 is 4.74 Å². The molecule has 154 valence electrons. The number of halogens is 3. The highest BCUT2D eigenvalue weighted by Gasteiger charge is 2.52. The lowest BCUT2D eigenvalue weighted by Crippen LogP contribution is -2.61. The Balaban J connectivity index is 1.28.